The SMILES string of the molecule is CCCCCCCCCCCCCCCCC(CCCCCCCCCCCCCCCC)O/N=C\CCOCCOC. The fourth-order valence-electron chi connectivity index (χ4n) is 5.95. The quantitative estimate of drug-likeness (QED) is 0.0397. The number of oxime groups is 1. The number of unbranched alkanes of at least 4 members (excludes halogenated alkanes) is 26. The van der Waals surface area contributed by atoms with Crippen LogP contribution in [-0.2, 0) is 14.3 Å². The highest BCUT2D eigenvalue weighted by Crippen LogP contribution is 2.18. The van der Waals surface area contributed by atoms with E-state index in [1.54, 1.807) is 7.11 Å². The minimum atomic E-state index is 0.278. The third-order valence-electron chi connectivity index (χ3n) is 8.87. The predicted molar refractivity (Wildman–Crippen MR) is 191 cm³/mol. The molecule has 0 aromatic heterocycles. The van der Waals surface area contributed by atoms with E-state index in [4.69, 9.17) is 14.3 Å². The second-order valence-electron chi connectivity index (χ2n) is 13.2. The first-order valence-corrected chi connectivity index (χ1v) is 19.6. The van der Waals surface area contributed by atoms with E-state index < -0.39 is 0 Å². The summed E-state index contributed by atoms with van der Waals surface area (Å²) < 4.78 is 10.5. The molecule has 43 heavy (non-hydrogen) atoms. The lowest BCUT2D eigenvalue weighted by molar-refractivity contribution is 0.0426. The van der Waals surface area contributed by atoms with E-state index in [0.29, 0.717) is 19.8 Å². The van der Waals surface area contributed by atoms with Crippen molar-refractivity contribution in [3.63, 3.8) is 0 Å². The van der Waals surface area contributed by atoms with Crippen LogP contribution in [0.1, 0.15) is 213 Å². The van der Waals surface area contributed by atoms with Gasteiger partial charge in [-0.3, -0.25) is 0 Å². The van der Waals surface area contributed by atoms with Gasteiger partial charge < -0.3 is 14.3 Å². The van der Waals surface area contributed by atoms with Gasteiger partial charge in [-0.1, -0.05) is 186 Å². The number of nitrogens with zero attached hydrogens (tertiary/aromatic N) is 1. The van der Waals surface area contributed by atoms with Crippen LogP contribution in [-0.4, -0.2) is 39.2 Å². The third-order valence-corrected chi connectivity index (χ3v) is 8.87. The largest absolute Gasteiger partial charge is 0.393 e. The van der Waals surface area contributed by atoms with Gasteiger partial charge in [0.05, 0.1) is 19.8 Å². The van der Waals surface area contributed by atoms with E-state index >= 15 is 0 Å². The molecule has 0 heterocycles. The van der Waals surface area contributed by atoms with Gasteiger partial charge in [-0.2, -0.15) is 0 Å². The highest BCUT2D eigenvalue weighted by atomic mass is 16.6. The van der Waals surface area contributed by atoms with Gasteiger partial charge in [0.15, 0.2) is 0 Å². The van der Waals surface area contributed by atoms with Gasteiger partial charge in [-0.05, 0) is 25.7 Å². The molecule has 0 N–H and O–H groups in total. The van der Waals surface area contributed by atoms with Crippen molar-refractivity contribution in [3.05, 3.63) is 0 Å². The summed E-state index contributed by atoms with van der Waals surface area (Å²) in [5.74, 6) is 0. The fourth-order valence-corrected chi connectivity index (χ4v) is 5.95. The van der Waals surface area contributed by atoms with Crippen LogP contribution in [0.5, 0.6) is 0 Å². The number of hydrogen-bond acceptors (Lipinski definition) is 4. The van der Waals surface area contributed by atoms with E-state index in [1.807, 2.05) is 6.21 Å². The molecule has 0 spiro atoms. The average Bonchev–Trinajstić information content (AvgIpc) is 3.02. The maximum Gasteiger partial charge on any atom is 0.127 e. The molecule has 0 bridgehead atoms. The summed E-state index contributed by atoms with van der Waals surface area (Å²) in [6.07, 6.45) is 44.7. The summed E-state index contributed by atoms with van der Waals surface area (Å²) >= 11 is 0. The van der Waals surface area contributed by atoms with Gasteiger partial charge >= 0.3 is 0 Å². The first-order valence-electron chi connectivity index (χ1n) is 19.6. The lowest BCUT2D eigenvalue weighted by atomic mass is 10.0. The molecule has 0 aliphatic rings. The minimum absolute atomic E-state index is 0.278. The third kappa shape index (κ3) is 37.5. The smallest absolute Gasteiger partial charge is 0.127 e. The summed E-state index contributed by atoms with van der Waals surface area (Å²) in [5, 5.41) is 4.32. The summed E-state index contributed by atoms with van der Waals surface area (Å²) in [4.78, 5) is 5.99. The summed E-state index contributed by atoms with van der Waals surface area (Å²) in [7, 11) is 1.70. The van der Waals surface area contributed by atoms with Crippen LogP contribution in [0.15, 0.2) is 5.16 Å². The predicted octanol–water partition coefficient (Wildman–Crippen LogP) is 13.2. The van der Waals surface area contributed by atoms with Crippen molar-refractivity contribution in [1.29, 1.82) is 0 Å². The van der Waals surface area contributed by atoms with Crippen LogP contribution >= 0.6 is 0 Å². The van der Waals surface area contributed by atoms with Crippen molar-refractivity contribution < 1.29 is 14.3 Å². The second kappa shape index (κ2) is 39.4. The Hall–Kier alpha value is -0.610. The first-order chi connectivity index (χ1) is 21.3. The summed E-state index contributed by atoms with van der Waals surface area (Å²) in [6.45, 7) is 6.57. The number of methoxy groups -OCH3 is 1. The Bertz CT molecular complexity index is 481. The van der Waals surface area contributed by atoms with E-state index in [2.05, 4.69) is 19.0 Å². The van der Waals surface area contributed by atoms with Crippen LogP contribution in [0.3, 0.4) is 0 Å². The monoisotopic (exact) mass is 610 g/mol. The molecule has 0 rings (SSSR count). The molecular formula is C39H79NO3. The van der Waals surface area contributed by atoms with Crippen LogP contribution in [0.4, 0.5) is 0 Å². The maximum atomic E-state index is 5.99. The Kier molecular flexibility index (Phi) is 38.9. The average molecular weight is 610 g/mol. The molecule has 4 heteroatoms. The topological polar surface area (TPSA) is 40.0 Å². The van der Waals surface area contributed by atoms with Gasteiger partial charge in [0.1, 0.15) is 6.10 Å². The van der Waals surface area contributed by atoms with Crippen LogP contribution < -0.4 is 0 Å². The summed E-state index contributed by atoms with van der Waals surface area (Å²) in [6, 6.07) is 0. The molecule has 0 aliphatic heterocycles. The van der Waals surface area contributed by atoms with Crippen molar-refractivity contribution in [2.45, 2.75) is 219 Å². The van der Waals surface area contributed by atoms with Crippen molar-refractivity contribution >= 4 is 6.21 Å². The Morgan fingerprint density at radius 2 is 0.791 bits per heavy atom. The van der Waals surface area contributed by atoms with Gasteiger partial charge in [0.25, 0.3) is 0 Å². The van der Waals surface area contributed by atoms with Crippen molar-refractivity contribution in [1.82, 2.24) is 0 Å². The molecule has 0 aliphatic carbocycles. The van der Waals surface area contributed by atoms with Crippen LogP contribution in [0, 0.1) is 0 Å². The van der Waals surface area contributed by atoms with E-state index in [9.17, 15) is 0 Å². The second-order valence-corrected chi connectivity index (χ2v) is 13.2. The number of rotatable bonds is 38. The van der Waals surface area contributed by atoms with Crippen molar-refractivity contribution in [2.24, 2.45) is 5.16 Å². The summed E-state index contributed by atoms with van der Waals surface area (Å²) in [5.41, 5.74) is 0. The minimum Gasteiger partial charge on any atom is -0.393 e. The fraction of sp³-hybridized carbons (Fsp3) is 0.974. The molecular weight excluding hydrogens is 530 g/mol. The highest BCUT2D eigenvalue weighted by Gasteiger charge is 2.09. The zero-order chi connectivity index (χ0) is 31.2. The molecule has 0 amide bonds. The molecule has 4 nitrogen and oxygen atoms in total. The van der Waals surface area contributed by atoms with Crippen molar-refractivity contribution in [3.8, 4) is 0 Å². The zero-order valence-electron chi connectivity index (χ0n) is 29.9. The molecule has 0 saturated carbocycles. The normalized spacial score (nSPS) is 11.8. The molecule has 0 radical (unpaired) electrons. The Morgan fingerprint density at radius 3 is 1.14 bits per heavy atom. The molecule has 258 valence electrons. The molecule has 0 fully saturated rings. The Morgan fingerprint density at radius 1 is 0.442 bits per heavy atom. The number of hydrogen-bond donors (Lipinski definition) is 0. The van der Waals surface area contributed by atoms with Crippen LogP contribution in [0.25, 0.3) is 0 Å². The molecule has 0 aromatic carbocycles. The van der Waals surface area contributed by atoms with Crippen molar-refractivity contribution in [2.75, 3.05) is 26.9 Å². The van der Waals surface area contributed by atoms with E-state index in [1.165, 1.54) is 180 Å². The van der Waals surface area contributed by atoms with Gasteiger partial charge in [-0.15, -0.1) is 0 Å². The number of ether oxygens (including phenoxy) is 2. The van der Waals surface area contributed by atoms with E-state index in [0.717, 1.165) is 19.3 Å². The van der Waals surface area contributed by atoms with Gasteiger partial charge in [0.2, 0.25) is 0 Å². The first kappa shape index (κ1) is 42.4. The van der Waals surface area contributed by atoms with Crippen LogP contribution in [0.2, 0.25) is 0 Å². The van der Waals surface area contributed by atoms with Gasteiger partial charge in [-0.25, -0.2) is 0 Å². The Balaban J connectivity index is 3.88. The molecule has 0 atom stereocenters. The lowest BCUT2D eigenvalue weighted by Gasteiger charge is -2.15. The molecule has 0 aromatic rings. The van der Waals surface area contributed by atoms with E-state index in [-0.39, 0.29) is 6.10 Å². The standard InChI is InChI=1S/C39H79NO3/c1-4-6-8-10-12-14-16-18-20-22-24-26-28-30-33-39(43-40-35-32-36-42-38-37-41-3)34-31-29-27-25-23-21-19-17-15-13-11-9-7-5-2/h35,39H,4-34,36-38H2,1-3H3/b40-35-. The Labute approximate surface area is 271 Å². The van der Waals surface area contributed by atoms with Gasteiger partial charge in [0, 0.05) is 19.7 Å². The maximum absolute atomic E-state index is 5.99. The highest BCUT2D eigenvalue weighted by molar-refractivity contribution is 5.56. The lowest BCUT2D eigenvalue weighted by Crippen LogP contribution is -2.10. The zero-order valence-corrected chi connectivity index (χ0v) is 29.9. The molecule has 0 unspecified atom stereocenters. The molecule has 0 saturated heterocycles.